The first-order chi connectivity index (χ1) is 11.1. The zero-order valence-electron chi connectivity index (χ0n) is 12.5. The van der Waals surface area contributed by atoms with E-state index >= 15 is 0 Å². The Morgan fingerprint density at radius 3 is 2.78 bits per heavy atom. The van der Waals surface area contributed by atoms with Crippen LogP contribution in [0.25, 0.3) is 5.69 Å². The second-order valence-electron chi connectivity index (χ2n) is 6.33. The highest BCUT2D eigenvalue weighted by molar-refractivity contribution is 5.94. The van der Waals surface area contributed by atoms with Gasteiger partial charge in [-0.15, -0.1) is 0 Å². The molecule has 2 aromatic rings. The van der Waals surface area contributed by atoms with E-state index in [1.807, 2.05) is 18.2 Å². The van der Waals surface area contributed by atoms with E-state index in [1.54, 1.807) is 12.3 Å². The van der Waals surface area contributed by atoms with Crippen LogP contribution in [0.3, 0.4) is 0 Å². The van der Waals surface area contributed by atoms with Gasteiger partial charge in [0.1, 0.15) is 0 Å². The Morgan fingerprint density at radius 2 is 2.09 bits per heavy atom. The molecule has 118 valence electrons. The molecule has 4 rings (SSSR count). The third-order valence-electron chi connectivity index (χ3n) is 4.59. The van der Waals surface area contributed by atoms with Crippen LogP contribution in [0.4, 0.5) is 5.69 Å². The molecule has 0 aliphatic heterocycles. The van der Waals surface area contributed by atoms with Crippen molar-refractivity contribution in [3.8, 4) is 5.69 Å². The number of benzene rings is 1. The largest absolute Gasteiger partial charge is 0.476 e. The number of carboxylic acid groups (broad SMARTS) is 1. The van der Waals surface area contributed by atoms with E-state index < -0.39 is 5.97 Å². The summed E-state index contributed by atoms with van der Waals surface area (Å²) in [6.07, 6.45) is 5.15. The summed E-state index contributed by atoms with van der Waals surface area (Å²) in [6, 6.07) is 8.71. The first-order valence-corrected chi connectivity index (χ1v) is 7.82. The number of hydrogen-bond acceptors (Lipinski definition) is 3. The van der Waals surface area contributed by atoms with Crippen molar-refractivity contribution in [2.45, 2.75) is 19.3 Å². The molecule has 23 heavy (non-hydrogen) atoms. The Bertz CT molecular complexity index is 779. The van der Waals surface area contributed by atoms with Crippen molar-refractivity contribution < 1.29 is 14.7 Å². The maximum absolute atomic E-state index is 12.2. The van der Waals surface area contributed by atoms with Gasteiger partial charge in [0.25, 0.3) is 0 Å². The van der Waals surface area contributed by atoms with E-state index in [4.69, 9.17) is 5.11 Å². The molecule has 0 unspecified atom stereocenters. The minimum Gasteiger partial charge on any atom is -0.476 e. The van der Waals surface area contributed by atoms with Gasteiger partial charge in [-0.25, -0.2) is 9.48 Å². The summed E-state index contributed by atoms with van der Waals surface area (Å²) in [5.74, 6) is 0.547. The van der Waals surface area contributed by atoms with Crippen LogP contribution in [-0.2, 0) is 4.79 Å². The summed E-state index contributed by atoms with van der Waals surface area (Å²) >= 11 is 0. The van der Waals surface area contributed by atoms with E-state index in [0.29, 0.717) is 17.3 Å². The Kier molecular flexibility index (Phi) is 3.18. The summed E-state index contributed by atoms with van der Waals surface area (Å²) in [5.41, 5.74) is 1.41. The van der Waals surface area contributed by atoms with Crippen LogP contribution < -0.4 is 5.32 Å². The number of amides is 1. The molecular weight excluding hydrogens is 294 g/mol. The van der Waals surface area contributed by atoms with Crippen LogP contribution in [0, 0.1) is 17.8 Å². The highest BCUT2D eigenvalue weighted by Crippen LogP contribution is 2.54. The second kappa shape index (κ2) is 5.22. The molecule has 0 spiro atoms. The molecule has 1 aromatic heterocycles. The molecule has 2 fully saturated rings. The van der Waals surface area contributed by atoms with Crippen molar-refractivity contribution in [2.75, 3.05) is 5.32 Å². The van der Waals surface area contributed by atoms with E-state index in [0.717, 1.165) is 12.3 Å². The summed E-state index contributed by atoms with van der Waals surface area (Å²) in [5, 5.41) is 15.9. The molecule has 0 saturated heterocycles. The molecular formula is C17H17N3O3. The molecule has 6 heteroatoms. The maximum Gasteiger partial charge on any atom is 0.356 e. The quantitative estimate of drug-likeness (QED) is 0.889. The fourth-order valence-corrected chi connectivity index (χ4v) is 3.10. The molecule has 2 saturated carbocycles. The monoisotopic (exact) mass is 311 g/mol. The van der Waals surface area contributed by atoms with Crippen LogP contribution in [0.5, 0.6) is 0 Å². The van der Waals surface area contributed by atoms with Crippen molar-refractivity contribution in [3.05, 3.63) is 42.2 Å². The van der Waals surface area contributed by atoms with Crippen molar-refractivity contribution in [3.63, 3.8) is 0 Å². The standard InChI is InChI=1S/C17H17N3O3/c21-16(14-9-13(14)10-4-5-10)18-11-2-1-3-12(8-11)20-7-6-15(19-20)17(22)23/h1-3,6-8,10,13-14H,4-5,9H2,(H,18,21)(H,22,23)/t13-,14+/m1/s1. The summed E-state index contributed by atoms with van der Waals surface area (Å²) in [4.78, 5) is 23.1. The molecule has 2 atom stereocenters. The molecule has 2 aliphatic rings. The number of nitrogens with zero attached hydrogens (tertiary/aromatic N) is 2. The van der Waals surface area contributed by atoms with Gasteiger partial charge >= 0.3 is 5.97 Å². The summed E-state index contributed by atoms with van der Waals surface area (Å²) in [7, 11) is 0. The van der Waals surface area contributed by atoms with Crippen LogP contribution in [0.1, 0.15) is 29.8 Å². The van der Waals surface area contributed by atoms with Gasteiger partial charge < -0.3 is 10.4 Å². The molecule has 0 bridgehead atoms. The van der Waals surface area contributed by atoms with E-state index in [1.165, 1.54) is 23.6 Å². The van der Waals surface area contributed by atoms with Gasteiger partial charge in [-0.2, -0.15) is 5.10 Å². The van der Waals surface area contributed by atoms with Gasteiger partial charge in [-0.3, -0.25) is 4.79 Å². The highest BCUT2D eigenvalue weighted by atomic mass is 16.4. The first-order valence-electron chi connectivity index (χ1n) is 7.82. The predicted octanol–water partition coefficient (Wildman–Crippen LogP) is 2.56. The third-order valence-corrected chi connectivity index (χ3v) is 4.59. The normalized spacial score (nSPS) is 22.6. The van der Waals surface area contributed by atoms with Gasteiger partial charge in [0.05, 0.1) is 5.69 Å². The molecule has 2 aliphatic carbocycles. The van der Waals surface area contributed by atoms with Gasteiger partial charge in [-0.05, 0) is 55.4 Å². The average molecular weight is 311 g/mol. The second-order valence-corrected chi connectivity index (χ2v) is 6.33. The minimum atomic E-state index is -1.06. The number of carbonyl (C=O) groups is 2. The lowest BCUT2D eigenvalue weighted by molar-refractivity contribution is -0.117. The number of aromatic nitrogens is 2. The molecule has 1 amide bonds. The van der Waals surface area contributed by atoms with Crippen LogP contribution in [0.15, 0.2) is 36.5 Å². The van der Waals surface area contributed by atoms with E-state index in [-0.39, 0.29) is 17.5 Å². The number of nitrogens with one attached hydrogen (secondary N) is 1. The summed E-state index contributed by atoms with van der Waals surface area (Å²) < 4.78 is 1.49. The van der Waals surface area contributed by atoms with Gasteiger partial charge in [0.15, 0.2) is 5.69 Å². The number of aromatic carboxylic acids is 1. The fourth-order valence-electron chi connectivity index (χ4n) is 3.10. The van der Waals surface area contributed by atoms with Crippen LogP contribution >= 0.6 is 0 Å². The van der Waals surface area contributed by atoms with E-state index in [9.17, 15) is 9.59 Å². The number of anilines is 1. The topological polar surface area (TPSA) is 84.2 Å². The maximum atomic E-state index is 12.2. The molecule has 6 nitrogen and oxygen atoms in total. The zero-order valence-corrected chi connectivity index (χ0v) is 12.5. The van der Waals surface area contributed by atoms with Crippen molar-refractivity contribution >= 4 is 17.6 Å². The van der Waals surface area contributed by atoms with E-state index in [2.05, 4.69) is 10.4 Å². The molecule has 2 N–H and O–H groups in total. The number of rotatable bonds is 5. The van der Waals surface area contributed by atoms with Crippen molar-refractivity contribution in [1.29, 1.82) is 0 Å². The Hall–Kier alpha value is -2.63. The van der Waals surface area contributed by atoms with Crippen LogP contribution in [0.2, 0.25) is 0 Å². The summed E-state index contributed by atoms with van der Waals surface area (Å²) in [6.45, 7) is 0. The lowest BCUT2D eigenvalue weighted by Gasteiger charge is -2.07. The number of carboxylic acids is 1. The predicted molar refractivity (Wildman–Crippen MR) is 83.5 cm³/mol. The Balaban J connectivity index is 1.47. The highest BCUT2D eigenvalue weighted by Gasteiger charge is 2.51. The molecule has 1 aromatic carbocycles. The SMILES string of the molecule is O=C(O)c1ccn(-c2cccc(NC(=O)[C@H]3C[C@@H]3C3CC3)c2)n1. The fraction of sp³-hybridized carbons (Fsp3) is 0.353. The molecule has 0 radical (unpaired) electrons. The molecule has 1 heterocycles. The van der Waals surface area contributed by atoms with Gasteiger partial charge in [0, 0.05) is 17.8 Å². The van der Waals surface area contributed by atoms with Crippen molar-refractivity contribution in [2.24, 2.45) is 17.8 Å². The lowest BCUT2D eigenvalue weighted by atomic mass is 10.2. The third kappa shape index (κ3) is 2.84. The van der Waals surface area contributed by atoms with Crippen molar-refractivity contribution in [1.82, 2.24) is 9.78 Å². The number of hydrogen-bond donors (Lipinski definition) is 2. The zero-order chi connectivity index (χ0) is 16.0. The lowest BCUT2D eigenvalue weighted by Crippen LogP contribution is -2.15. The first kappa shape index (κ1) is 14.0. The Labute approximate surface area is 133 Å². The Morgan fingerprint density at radius 1 is 1.26 bits per heavy atom. The average Bonchev–Trinajstić information content (AvgIpc) is 3.43. The van der Waals surface area contributed by atoms with Gasteiger partial charge in [-0.1, -0.05) is 6.07 Å². The number of carbonyl (C=O) groups excluding carboxylic acids is 1. The minimum absolute atomic E-state index is 0.00954. The van der Waals surface area contributed by atoms with Crippen LogP contribution in [-0.4, -0.2) is 26.8 Å². The van der Waals surface area contributed by atoms with Gasteiger partial charge in [0.2, 0.25) is 5.91 Å². The smallest absolute Gasteiger partial charge is 0.356 e.